The number of aliphatic hydroxyl groups is 1. The number of nitrogens with two attached hydrogens (primary N) is 1. The van der Waals surface area contributed by atoms with E-state index in [0.717, 1.165) is 16.7 Å². The Balaban J connectivity index is 2.43. The van der Waals surface area contributed by atoms with Crippen molar-refractivity contribution in [3.05, 3.63) is 69.2 Å². The predicted molar refractivity (Wildman–Crippen MR) is 89.2 cm³/mol. The summed E-state index contributed by atoms with van der Waals surface area (Å²) in [6.07, 6.45) is 0.613. The van der Waals surface area contributed by atoms with Crippen LogP contribution in [0, 0.1) is 6.92 Å². The van der Waals surface area contributed by atoms with Crippen molar-refractivity contribution < 1.29 is 5.11 Å². The molecule has 2 aromatic carbocycles. The van der Waals surface area contributed by atoms with Crippen molar-refractivity contribution in [2.24, 2.45) is 5.73 Å². The molecule has 112 valence electrons. The largest absolute Gasteiger partial charge is 0.395 e. The number of aryl methyl sites for hydroxylation is 1. The lowest BCUT2D eigenvalue weighted by Crippen LogP contribution is -2.41. The Morgan fingerprint density at radius 3 is 2.38 bits per heavy atom. The zero-order chi connectivity index (χ0) is 15.5. The lowest BCUT2D eigenvalue weighted by molar-refractivity contribution is 0.195. The second kappa shape index (κ2) is 6.80. The number of benzene rings is 2. The van der Waals surface area contributed by atoms with Crippen LogP contribution in [-0.4, -0.2) is 18.3 Å². The van der Waals surface area contributed by atoms with Crippen molar-refractivity contribution in [1.82, 2.24) is 0 Å². The van der Waals surface area contributed by atoms with Gasteiger partial charge in [-0.2, -0.15) is 0 Å². The van der Waals surface area contributed by atoms with E-state index in [1.54, 1.807) is 6.07 Å². The molecule has 1 unspecified atom stereocenters. The maximum absolute atomic E-state index is 10.0. The third kappa shape index (κ3) is 3.41. The van der Waals surface area contributed by atoms with E-state index in [2.05, 4.69) is 0 Å². The number of aliphatic hydroxyl groups excluding tert-OH is 1. The molecule has 0 spiro atoms. The second-order valence-electron chi connectivity index (χ2n) is 5.38. The molecule has 0 fully saturated rings. The molecule has 0 saturated carbocycles. The van der Waals surface area contributed by atoms with E-state index in [0.29, 0.717) is 23.0 Å². The lowest BCUT2D eigenvalue weighted by atomic mass is 9.74. The van der Waals surface area contributed by atoms with Crippen LogP contribution in [-0.2, 0) is 11.8 Å². The third-order valence-electron chi connectivity index (χ3n) is 3.94. The molecule has 2 aromatic rings. The molecule has 4 heteroatoms. The van der Waals surface area contributed by atoms with Crippen LogP contribution in [0.1, 0.15) is 16.7 Å². The topological polar surface area (TPSA) is 46.2 Å². The quantitative estimate of drug-likeness (QED) is 0.880. The minimum atomic E-state index is -0.511. The van der Waals surface area contributed by atoms with E-state index in [-0.39, 0.29) is 6.61 Å². The Morgan fingerprint density at radius 1 is 1.10 bits per heavy atom. The summed E-state index contributed by atoms with van der Waals surface area (Å²) in [6, 6.07) is 13.5. The monoisotopic (exact) mass is 323 g/mol. The van der Waals surface area contributed by atoms with Gasteiger partial charge in [0.25, 0.3) is 0 Å². The van der Waals surface area contributed by atoms with Gasteiger partial charge in [-0.25, -0.2) is 0 Å². The van der Waals surface area contributed by atoms with E-state index < -0.39 is 5.41 Å². The Kier molecular flexibility index (Phi) is 5.28. The number of hydrogen-bond donors (Lipinski definition) is 2. The van der Waals surface area contributed by atoms with Crippen LogP contribution in [0.4, 0.5) is 0 Å². The molecule has 21 heavy (non-hydrogen) atoms. The first-order valence-corrected chi connectivity index (χ1v) is 7.59. The molecule has 0 radical (unpaired) electrons. The van der Waals surface area contributed by atoms with Crippen LogP contribution in [0.2, 0.25) is 10.0 Å². The number of halogens is 2. The predicted octanol–water partition coefficient (Wildman–Crippen LogP) is 3.73. The van der Waals surface area contributed by atoms with Crippen molar-refractivity contribution in [2.45, 2.75) is 18.8 Å². The van der Waals surface area contributed by atoms with Crippen molar-refractivity contribution in [2.75, 3.05) is 13.2 Å². The number of rotatable bonds is 5. The van der Waals surface area contributed by atoms with Gasteiger partial charge in [-0.3, -0.25) is 0 Å². The van der Waals surface area contributed by atoms with Gasteiger partial charge in [-0.1, -0.05) is 53.5 Å². The average molecular weight is 324 g/mol. The molecule has 0 saturated heterocycles. The zero-order valence-electron chi connectivity index (χ0n) is 11.9. The molecule has 0 heterocycles. The van der Waals surface area contributed by atoms with Gasteiger partial charge >= 0.3 is 0 Å². The first-order chi connectivity index (χ1) is 10.0. The molecular formula is C17H19Cl2NO. The first kappa shape index (κ1) is 16.3. The van der Waals surface area contributed by atoms with E-state index >= 15 is 0 Å². The summed E-state index contributed by atoms with van der Waals surface area (Å²) in [7, 11) is 0. The fraction of sp³-hybridized carbons (Fsp3) is 0.294. The van der Waals surface area contributed by atoms with Gasteiger partial charge < -0.3 is 10.8 Å². The summed E-state index contributed by atoms with van der Waals surface area (Å²) in [5.41, 5.74) is 8.70. The lowest BCUT2D eigenvalue weighted by Gasteiger charge is -2.33. The minimum Gasteiger partial charge on any atom is -0.395 e. The van der Waals surface area contributed by atoms with Crippen LogP contribution in [0.25, 0.3) is 0 Å². The van der Waals surface area contributed by atoms with Crippen molar-refractivity contribution >= 4 is 23.2 Å². The maximum atomic E-state index is 10.0. The van der Waals surface area contributed by atoms with E-state index in [1.165, 1.54) is 0 Å². The SMILES string of the molecule is Cc1ccccc1C(CN)(CO)Cc1ccc(Cl)c(Cl)c1. The van der Waals surface area contributed by atoms with Crippen molar-refractivity contribution in [1.29, 1.82) is 0 Å². The Labute approximate surface area is 135 Å². The summed E-state index contributed by atoms with van der Waals surface area (Å²) < 4.78 is 0. The molecule has 0 amide bonds. The summed E-state index contributed by atoms with van der Waals surface area (Å²) >= 11 is 12.0. The number of hydrogen-bond acceptors (Lipinski definition) is 2. The summed E-state index contributed by atoms with van der Waals surface area (Å²) in [5, 5.41) is 11.0. The van der Waals surface area contributed by atoms with Crippen LogP contribution in [0.15, 0.2) is 42.5 Å². The molecule has 0 aromatic heterocycles. The van der Waals surface area contributed by atoms with Crippen molar-refractivity contribution in [3.63, 3.8) is 0 Å². The fourth-order valence-electron chi connectivity index (χ4n) is 2.69. The van der Waals surface area contributed by atoms with E-state index in [4.69, 9.17) is 28.9 Å². The highest BCUT2D eigenvalue weighted by atomic mass is 35.5. The Morgan fingerprint density at radius 2 is 1.81 bits per heavy atom. The molecule has 2 nitrogen and oxygen atoms in total. The van der Waals surface area contributed by atoms with Gasteiger partial charge in [-0.05, 0) is 42.2 Å². The third-order valence-corrected chi connectivity index (χ3v) is 4.68. The average Bonchev–Trinajstić information content (AvgIpc) is 2.49. The second-order valence-corrected chi connectivity index (χ2v) is 6.20. The molecule has 0 aliphatic rings. The van der Waals surface area contributed by atoms with Crippen LogP contribution >= 0.6 is 23.2 Å². The van der Waals surface area contributed by atoms with E-state index in [9.17, 15) is 5.11 Å². The van der Waals surface area contributed by atoms with Crippen LogP contribution in [0.3, 0.4) is 0 Å². The molecule has 0 bridgehead atoms. The normalized spacial score (nSPS) is 14.0. The van der Waals surface area contributed by atoms with Gasteiger partial charge in [-0.15, -0.1) is 0 Å². The molecule has 0 aliphatic heterocycles. The highest BCUT2D eigenvalue weighted by Gasteiger charge is 2.31. The molecule has 0 aliphatic carbocycles. The van der Waals surface area contributed by atoms with E-state index in [1.807, 2.05) is 43.3 Å². The van der Waals surface area contributed by atoms with Gasteiger partial charge in [0, 0.05) is 12.0 Å². The highest BCUT2D eigenvalue weighted by Crippen LogP contribution is 2.32. The molecule has 3 N–H and O–H groups in total. The first-order valence-electron chi connectivity index (χ1n) is 6.83. The zero-order valence-corrected chi connectivity index (χ0v) is 13.5. The van der Waals surface area contributed by atoms with Crippen molar-refractivity contribution in [3.8, 4) is 0 Å². The molecule has 1 atom stereocenters. The summed E-state index contributed by atoms with van der Waals surface area (Å²) in [4.78, 5) is 0. The molecular weight excluding hydrogens is 305 g/mol. The summed E-state index contributed by atoms with van der Waals surface area (Å²) in [5.74, 6) is 0. The van der Waals surface area contributed by atoms with Crippen LogP contribution in [0.5, 0.6) is 0 Å². The Hall–Kier alpha value is -1.06. The standard InChI is InChI=1S/C17H19Cl2NO/c1-12-4-2-3-5-14(12)17(10-20,11-21)9-13-6-7-15(18)16(19)8-13/h2-8,21H,9-11,20H2,1H3. The van der Waals surface area contributed by atoms with Gasteiger partial charge in [0.05, 0.1) is 16.7 Å². The van der Waals surface area contributed by atoms with Gasteiger partial charge in [0.1, 0.15) is 0 Å². The highest BCUT2D eigenvalue weighted by molar-refractivity contribution is 6.42. The van der Waals surface area contributed by atoms with Gasteiger partial charge in [0.2, 0.25) is 0 Å². The summed E-state index contributed by atoms with van der Waals surface area (Å²) in [6.45, 7) is 2.37. The van der Waals surface area contributed by atoms with Crippen LogP contribution < -0.4 is 5.73 Å². The maximum Gasteiger partial charge on any atom is 0.0595 e. The van der Waals surface area contributed by atoms with Gasteiger partial charge in [0.15, 0.2) is 0 Å². The molecule has 2 rings (SSSR count). The smallest absolute Gasteiger partial charge is 0.0595 e. The Bertz CT molecular complexity index is 624. The fourth-order valence-corrected chi connectivity index (χ4v) is 3.01. The minimum absolute atomic E-state index is 0.0192.